The van der Waals surface area contributed by atoms with Crippen LogP contribution in [-0.2, 0) is 6.54 Å². The summed E-state index contributed by atoms with van der Waals surface area (Å²) in [5.41, 5.74) is 1.53. The number of carbonyl (C=O) groups excluding carboxylic acids is 1. The molecule has 2 rings (SSSR count). The molecule has 4 nitrogen and oxygen atoms in total. The quantitative estimate of drug-likeness (QED) is 0.925. The Kier molecular flexibility index (Phi) is 4.43. The summed E-state index contributed by atoms with van der Waals surface area (Å²) in [6.07, 6.45) is 3.68. The van der Waals surface area contributed by atoms with Crippen molar-refractivity contribution in [3.8, 4) is 0 Å². The Morgan fingerprint density at radius 1 is 1.55 bits per heavy atom. The van der Waals surface area contributed by atoms with Crippen LogP contribution in [0.5, 0.6) is 0 Å². The maximum Gasteiger partial charge on any atom is 0.256 e. The minimum absolute atomic E-state index is 0.102. The Morgan fingerprint density at radius 2 is 2.25 bits per heavy atom. The molecule has 1 aromatic rings. The first kappa shape index (κ1) is 15.4. The molecule has 1 heterocycles. The third-order valence-electron chi connectivity index (χ3n) is 4.58. The molecule has 1 fully saturated rings. The largest absolute Gasteiger partial charge is 0.352 e. The Labute approximate surface area is 125 Å². The Hall–Kier alpha value is -1.03. The van der Waals surface area contributed by atoms with E-state index < -0.39 is 0 Å². The highest BCUT2D eigenvalue weighted by Gasteiger charge is 2.34. The van der Waals surface area contributed by atoms with E-state index in [0.29, 0.717) is 34.3 Å². The van der Waals surface area contributed by atoms with Crippen molar-refractivity contribution in [1.29, 1.82) is 0 Å². The van der Waals surface area contributed by atoms with E-state index in [1.807, 2.05) is 13.8 Å². The van der Waals surface area contributed by atoms with Gasteiger partial charge in [0, 0.05) is 13.1 Å². The predicted molar refractivity (Wildman–Crippen MR) is 81.1 cm³/mol. The molecule has 20 heavy (non-hydrogen) atoms. The SMILES string of the molecule is CCn1nc(C)c(C(=O)NCC2CCCC2(C)C)c1Cl. The van der Waals surface area contributed by atoms with E-state index in [9.17, 15) is 4.79 Å². The Bertz CT molecular complexity index is 507. The minimum atomic E-state index is -0.102. The molecule has 0 spiro atoms. The second kappa shape index (κ2) is 5.76. The first-order valence-electron chi connectivity index (χ1n) is 7.38. The number of hydrogen-bond acceptors (Lipinski definition) is 2. The summed E-state index contributed by atoms with van der Waals surface area (Å²) in [5.74, 6) is 0.446. The predicted octanol–water partition coefficient (Wildman–Crippen LogP) is 3.42. The molecule has 1 aliphatic rings. The molecular formula is C15H24ClN3O. The maximum atomic E-state index is 12.3. The van der Waals surface area contributed by atoms with Crippen LogP contribution in [0.1, 0.15) is 56.1 Å². The van der Waals surface area contributed by atoms with Crippen molar-refractivity contribution in [2.24, 2.45) is 11.3 Å². The van der Waals surface area contributed by atoms with Gasteiger partial charge in [0.15, 0.2) is 0 Å². The second-order valence-corrected chi connectivity index (χ2v) is 6.71. The zero-order valence-corrected chi connectivity index (χ0v) is 13.5. The lowest BCUT2D eigenvalue weighted by atomic mass is 9.82. The van der Waals surface area contributed by atoms with Gasteiger partial charge in [-0.3, -0.25) is 9.48 Å². The van der Waals surface area contributed by atoms with Gasteiger partial charge in [0.25, 0.3) is 5.91 Å². The molecule has 1 amide bonds. The molecule has 1 unspecified atom stereocenters. The fourth-order valence-corrected chi connectivity index (χ4v) is 3.48. The van der Waals surface area contributed by atoms with E-state index in [4.69, 9.17) is 11.6 Å². The summed E-state index contributed by atoms with van der Waals surface area (Å²) >= 11 is 6.22. The minimum Gasteiger partial charge on any atom is -0.352 e. The first-order valence-corrected chi connectivity index (χ1v) is 7.75. The second-order valence-electron chi connectivity index (χ2n) is 6.35. The third kappa shape index (κ3) is 2.85. The number of halogens is 1. The standard InChI is InChI=1S/C15H24ClN3O/c1-5-19-13(16)12(10(2)18-19)14(20)17-9-11-7-6-8-15(11,3)4/h11H,5-9H2,1-4H3,(H,17,20). The van der Waals surface area contributed by atoms with Crippen LogP contribution in [0, 0.1) is 18.3 Å². The van der Waals surface area contributed by atoms with E-state index in [2.05, 4.69) is 24.3 Å². The molecule has 112 valence electrons. The molecule has 0 aromatic carbocycles. The highest BCUT2D eigenvalue weighted by Crippen LogP contribution is 2.42. The van der Waals surface area contributed by atoms with Gasteiger partial charge in [-0.2, -0.15) is 5.10 Å². The van der Waals surface area contributed by atoms with Gasteiger partial charge in [-0.1, -0.05) is 31.9 Å². The summed E-state index contributed by atoms with van der Waals surface area (Å²) in [7, 11) is 0. The van der Waals surface area contributed by atoms with Crippen LogP contribution in [-0.4, -0.2) is 22.2 Å². The van der Waals surface area contributed by atoms with Crippen molar-refractivity contribution >= 4 is 17.5 Å². The van der Waals surface area contributed by atoms with Gasteiger partial charge in [-0.15, -0.1) is 0 Å². The summed E-state index contributed by atoms with van der Waals surface area (Å²) in [6.45, 7) is 9.74. The van der Waals surface area contributed by atoms with Crippen LogP contribution in [0.25, 0.3) is 0 Å². The number of carbonyl (C=O) groups is 1. The van der Waals surface area contributed by atoms with Crippen molar-refractivity contribution in [2.75, 3.05) is 6.54 Å². The normalized spacial score (nSPS) is 21.1. The number of hydrogen-bond donors (Lipinski definition) is 1. The topological polar surface area (TPSA) is 46.9 Å². The zero-order chi connectivity index (χ0) is 14.9. The number of aryl methyl sites for hydroxylation is 2. The van der Waals surface area contributed by atoms with E-state index in [0.717, 1.165) is 6.54 Å². The van der Waals surface area contributed by atoms with Crippen molar-refractivity contribution in [3.05, 3.63) is 16.4 Å². The fourth-order valence-electron chi connectivity index (χ4n) is 3.10. The van der Waals surface area contributed by atoms with Crippen molar-refractivity contribution in [2.45, 2.75) is 53.5 Å². The van der Waals surface area contributed by atoms with Gasteiger partial charge in [0.2, 0.25) is 0 Å². The van der Waals surface area contributed by atoms with Crippen LogP contribution >= 0.6 is 11.6 Å². The van der Waals surface area contributed by atoms with E-state index >= 15 is 0 Å². The molecule has 1 aliphatic carbocycles. The summed E-state index contributed by atoms with van der Waals surface area (Å²) in [6, 6.07) is 0. The lowest BCUT2D eigenvalue weighted by Gasteiger charge is -2.27. The van der Waals surface area contributed by atoms with Crippen LogP contribution in [0.15, 0.2) is 0 Å². The molecule has 5 heteroatoms. The lowest BCUT2D eigenvalue weighted by molar-refractivity contribution is 0.0936. The molecule has 1 saturated carbocycles. The van der Waals surface area contributed by atoms with Crippen molar-refractivity contribution in [3.63, 3.8) is 0 Å². The average molecular weight is 298 g/mol. The van der Waals surface area contributed by atoms with Gasteiger partial charge in [0.05, 0.1) is 11.3 Å². The van der Waals surface area contributed by atoms with Gasteiger partial charge in [-0.05, 0) is 38.0 Å². The van der Waals surface area contributed by atoms with Gasteiger partial charge >= 0.3 is 0 Å². The van der Waals surface area contributed by atoms with Crippen LogP contribution in [0.4, 0.5) is 0 Å². The number of aromatic nitrogens is 2. The van der Waals surface area contributed by atoms with Gasteiger partial charge in [0.1, 0.15) is 5.15 Å². The lowest BCUT2D eigenvalue weighted by Crippen LogP contribution is -2.34. The molecule has 0 radical (unpaired) electrons. The van der Waals surface area contributed by atoms with E-state index in [-0.39, 0.29) is 5.91 Å². The van der Waals surface area contributed by atoms with Crippen LogP contribution in [0.2, 0.25) is 5.15 Å². The van der Waals surface area contributed by atoms with Crippen LogP contribution < -0.4 is 5.32 Å². The number of amides is 1. The summed E-state index contributed by atoms with van der Waals surface area (Å²) in [4.78, 5) is 12.3. The van der Waals surface area contributed by atoms with E-state index in [1.165, 1.54) is 19.3 Å². The first-order chi connectivity index (χ1) is 9.36. The number of nitrogens with zero attached hydrogens (tertiary/aromatic N) is 2. The average Bonchev–Trinajstić information content (AvgIpc) is 2.86. The maximum absolute atomic E-state index is 12.3. The molecular weight excluding hydrogens is 274 g/mol. The fraction of sp³-hybridized carbons (Fsp3) is 0.733. The molecule has 0 aliphatic heterocycles. The zero-order valence-electron chi connectivity index (χ0n) is 12.8. The third-order valence-corrected chi connectivity index (χ3v) is 4.96. The molecule has 0 saturated heterocycles. The smallest absolute Gasteiger partial charge is 0.256 e. The van der Waals surface area contributed by atoms with Crippen LogP contribution in [0.3, 0.4) is 0 Å². The van der Waals surface area contributed by atoms with E-state index in [1.54, 1.807) is 4.68 Å². The highest BCUT2D eigenvalue weighted by atomic mass is 35.5. The Morgan fingerprint density at radius 3 is 2.75 bits per heavy atom. The van der Waals surface area contributed by atoms with Crippen molar-refractivity contribution in [1.82, 2.24) is 15.1 Å². The monoisotopic (exact) mass is 297 g/mol. The molecule has 1 aromatic heterocycles. The van der Waals surface area contributed by atoms with Gasteiger partial charge in [-0.25, -0.2) is 0 Å². The van der Waals surface area contributed by atoms with Gasteiger partial charge < -0.3 is 5.32 Å². The summed E-state index contributed by atoms with van der Waals surface area (Å²) < 4.78 is 1.66. The number of rotatable bonds is 4. The molecule has 0 bridgehead atoms. The molecule has 1 N–H and O–H groups in total. The van der Waals surface area contributed by atoms with Crippen molar-refractivity contribution < 1.29 is 4.79 Å². The highest BCUT2D eigenvalue weighted by molar-refractivity contribution is 6.33. The molecule has 1 atom stereocenters. The summed E-state index contributed by atoms with van der Waals surface area (Å²) in [5, 5.41) is 7.76. The number of nitrogens with one attached hydrogen (secondary N) is 1. The Balaban J connectivity index is 2.04.